The monoisotopic (exact) mass is 438 g/mol. The molecule has 2 amide bonds. The minimum atomic E-state index is -1.79. The third-order valence-electron chi connectivity index (χ3n) is 5.97. The summed E-state index contributed by atoms with van der Waals surface area (Å²) >= 11 is 0. The Morgan fingerprint density at radius 3 is 2.45 bits per heavy atom. The largest absolute Gasteiger partial charge is 0.464 e. The molecule has 11 nitrogen and oxygen atoms in total. The van der Waals surface area contributed by atoms with Crippen molar-refractivity contribution in [1.82, 2.24) is 9.80 Å². The highest BCUT2D eigenvalue weighted by Crippen LogP contribution is 2.36. The van der Waals surface area contributed by atoms with Crippen LogP contribution in [0.2, 0.25) is 0 Å². The number of aldehydes is 1. The zero-order chi connectivity index (χ0) is 23.0. The van der Waals surface area contributed by atoms with Crippen LogP contribution in [0.3, 0.4) is 0 Å². The Bertz CT molecular complexity index is 706. The second-order valence-electron chi connectivity index (χ2n) is 7.91. The van der Waals surface area contributed by atoms with Crippen molar-refractivity contribution in [3.63, 3.8) is 0 Å². The van der Waals surface area contributed by atoms with E-state index < -0.39 is 23.5 Å². The number of hydrogen-bond donors (Lipinski definition) is 3. The van der Waals surface area contributed by atoms with Gasteiger partial charge in [0.05, 0.1) is 13.2 Å². The van der Waals surface area contributed by atoms with Gasteiger partial charge in [-0.25, -0.2) is 4.79 Å². The first-order valence-corrected chi connectivity index (χ1v) is 10.8. The van der Waals surface area contributed by atoms with Crippen LogP contribution in [-0.4, -0.2) is 83.7 Å². The molecule has 1 saturated heterocycles. The third kappa shape index (κ3) is 5.33. The summed E-state index contributed by atoms with van der Waals surface area (Å²) in [5.74, 6) is -1.61. The van der Waals surface area contributed by atoms with E-state index in [1.807, 2.05) is 0 Å². The van der Waals surface area contributed by atoms with Gasteiger partial charge in [0.1, 0.15) is 6.04 Å². The maximum Gasteiger partial charge on any atom is 0.339 e. The Morgan fingerprint density at radius 2 is 1.94 bits per heavy atom. The van der Waals surface area contributed by atoms with Crippen LogP contribution in [0.5, 0.6) is 0 Å². The van der Waals surface area contributed by atoms with Crippen molar-refractivity contribution in [2.75, 3.05) is 26.2 Å². The maximum atomic E-state index is 13.7. The molecule has 2 aliphatic rings. The summed E-state index contributed by atoms with van der Waals surface area (Å²) in [6.07, 6.45) is 4.15. The lowest BCUT2D eigenvalue weighted by Gasteiger charge is -2.48. The second kappa shape index (κ2) is 11.1. The molecule has 0 spiro atoms. The van der Waals surface area contributed by atoms with E-state index in [4.69, 9.17) is 21.9 Å². The number of amides is 2. The third-order valence-corrected chi connectivity index (χ3v) is 5.97. The molecule has 174 valence electrons. The van der Waals surface area contributed by atoms with E-state index in [0.717, 1.165) is 6.42 Å². The van der Waals surface area contributed by atoms with Crippen LogP contribution in [0.15, 0.2) is 4.99 Å². The molecule has 1 heterocycles. The van der Waals surface area contributed by atoms with Crippen LogP contribution in [0.1, 0.15) is 51.9 Å². The SMILES string of the molecule is CCOC(=O)[C@@](C=O)(CCCN=C(N)N)N(C(=O)[C@@H]1CCCN1C(=O)CN)C1CCC1. The molecule has 31 heavy (non-hydrogen) atoms. The van der Waals surface area contributed by atoms with Gasteiger partial charge in [0.2, 0.25) is 11.8 Å². The Hall–Kier alpha value is -2.69. The lowest BCUT2D eigenvalue weighted by atomic mass is 9.83. The summed E-state index contributed by atoms with van der Waals surface area (Å²) in [6, 6.07) is -1.02. The van der Waals surface area contributed by atoms with Crippen LogP contribution in [0, 0.1) is 0 Å². The smallest absolute Gasteiger partial charge is 0.339 e. The van der Waals surface area contributed by atoms with Crippen molar-refractivity contribution in [3.05, 3.63) is 0 Å². The molecule has 1 aliphatic heterocycles. The van der Waals surface area contributed by atoms with E-state index >= 15 is 0 Å². The Kier molecular flexibility index (Phi) is 8.78. The van der Waals surface area contributed by atoms with Crippen molar-refractivity contribution in [2.45, 2.75) is 69.5 Å². The summed E-state index contributed by atoms with van der Waals surface area (Å²) in [6.45, 7) is 2.12. The highest BCUT2D eigenvalue weighted by Gasteiger charge is 2.53. The standard InChI is InChI=1S/C20H34N6O5/c1-2-31-18(30)20(13-27,9-5-10-24-19(22)23)26(14-6-3-7-14)17(29)15-8-4-11-25(15)16(28)12-21/h13-15H,2-12,21H2,1H3,(H4,22,23,24)/t15-,20-/m0/s1. The van der Waals surface area contributed by atoms with Gasteiger partial charge in [-0.1, -0.05) is 0 Å². The van der Waals surface area contributed by atoms with Crippen LogP contribution in [0.25, 0.3) is 0 Å². The van der Waals surface area contributed by atoms with E-state index in [-0.39, 0.29) is 44.0 Å². The lowest BCUT2D eigenvalue weighted by Crippen LogP contribution is -2.67. The van der Waals surface area contributed by atoms with Gasteiger partial charge in [0, 0.05) is 19.1 Å². The highest BCUT2D eigenvalue weighted by atomic mass is 16.5. The predicted octanol–water partition coefficient (Wildman–Crippen LogP) is -1.13. The molecule has 1 saturated carbocycles. The fourth-order valence-corrected chi connectivity index (χ4v) is 4.24. The average Bonchev–Trinajstić information content (AvgIpc) is 3.20. The number of aliphatic imine (C=N–C) groups is 1. The van der Waals surface area contributed by atoms with Crippen molar-refractivity contribution >= 4 is 30.0 Å². The molecule has 0 aromatic carbocycles. The van der Waals surface area contributed by atoms with Crippen molar-refractivity contribution in [2.24, 2.45) is 22.2 Å². The fraction of sp³-hybridized carbons (Fsp3) is 0.750. The van der Waals surface area contributed by atoms with Gasteiger partial charge in [-0.15, -0.1) is 0 Å². The van der Waals surface area contributed by atoms with Gasteiger partial charge in [0.15, 0.2) is 17.8 Å². The lowest BCUT2D eigenvalue weighted by molar-refractivity contribution is -0.173. The fourth-order valence-electron chi connectivity index (χ4n) is 4.24. The van der Waals surface area contributed by atoms with Gasteiger partial charge in [-0.2, -0.15) is 0 Å². The molecule has 11 heteroatoms. The average molecular weight is 439 g/mol. The highest BCUT2D eigenvalue weighted by molar-refractivity contribution is 6.03. The zero-order valence-electron chi connectivity index (χ0n) is 18.1. The van der Waals surface area contributed by atoms with E-state index in [2.05, 4.69) is 4.99 Å². The molecule has 0 aromatic rings. The van der Waals surface area contributed by atoms with E-state index in [1.54, 1.807) is 6.92 Å². The summed E-state index contributed by atoms with van der Waals surface area (Å²) in [4.78, 5) is 58.3. The quantitative estimate of drug-likeness (QED) is 0.0907. The molecule has 0 radical (unpaired) electrons. The molecule has 2 rings (SSSR count). The number of carbonyl (C=O) groups excluding carboxylic acids is 4. The molecule has 0 aromatic heterocycles. The van der Waals surface area contributed by atoms with E-state index in [1.165, 1.54) is 9.80 Å². The molecule has 6 N–H and O–H groups in total. The van der Waals surface area contributed by atoms with Crippen molar-refractivity contribution < 1.29 is 23.9 Å². The predicted molar refractivity (Wildman–Crippen MR) is 114 cm³/mol. The maximum absolute atomic E-state index is 13.7. The first-order valence-electron chi connectivity index (χ1n) is 10.8. The number of nitrogens with zero attached hydrogens (tertiary/aromatic N) is 3. The van der Waals surface area contributed by atoms with Gasteiger partial charge in [-0.05, 0) is 51.9 Å². The van der Waals surface area contributed by atoms with Crippen LogP contribution < -0.4 is 17.2 Å². The molecule has 0 bridgehead atoms. The molecule has 2 atom stereocenters. The number of ether oxygens (including phenoxy) is 1. The van der Waals surface area contributed by atoms with Gasteiger partial charge >= 0.3 is 5.97 Å². The summed E-state index contributed by atoms with van der Waals surface area (Å²) in [5.41, 5.74) is 14.4. The van der Waals surface area contributed by atoms with Crippen molar-refractivity contribution in [1.29, 1.82) is 0 Å². The van der Waals surface area contributed by atoms with Crippen LogP contribution in [-0.2, 0) is 23.9 Å². The summed E-state index contributed by atoms with van der Waals surface area (Å²) in [5, 5.41) is 0. The minimum Gasteiger partial charge on any atom is -0.464 e. The molecule has 2 fully saturated rings. The number of rotatable bonds is 11. The molecular formula is C20H34N6O5. The van der Waals surface area contributed by atoms with Crippen LogP contribution in [0.4, 0.5) is 0 Å². The van der Waals surface area contributed by atoms with Gasteiger partial charge in [-0.3, -0.25) is 14.6 Å². The topological polar surface area (TPSA) is 174 Å². The summed E-state index contributed by atoms with van der Waals surface area (Å²) in [7, 11) is 0. The second-order valence-corrected chi connectivity index (χ2v) is 7.91. The van der Waals surface area contributed by atoms with Crippen LogP contribution >= 0.6 is 0 Å². The number of hydrogen-bond acceptors (Lipinski definition) is 7. The number of nitrogens with two attached hydrogens (primary N) is 3. The molecular weight excluding hydrogens is 404 g/mol. The van der Waals surface area contributed by atoms with E-state index in [0.29, 0.717) is 44.9 Å². The Morgan fingerprint density at radius 1 is 1.23 bits per heavy atom. The first-order chi connectivity index (χ1) is 14.8. The molecule has 0 unspecified atom stereocenters. The van der Waals surface area contributed by atoms with E-state index in [9.17, 15) is 19.2 Å². The zero-order valence-corrected chi connectivity index (χ0v) is 18.1. The minimum absolute atomic E-state index is 0.0198. The number of guanidine groups is 1. The van der Waals surface area contributed by atoms with Crippen molar-refractivity contribution in [3.8, 4) is 0 Å². The first kappa shape index (κ1) is 24.6. The Balaban J connectivity index is 2.41. The molecule has 1 aliphatic carbocycles. The number of carbonyl (C=O) groups is 4. The van der Waals surface area contributed by atoms with Gasteiger partial charge in [0.25, 0.3) is 0 Å². The summed E-state index contributed by atoms with van der Waals surface area (Å²) < 4.78 is 5.23. The van der Waals surface area contributed by atoms with Gasteiger partial charge < -0.3 is 36.5 Å². The Labute approximate surface area is 182 Å². The number of esters is 1. The normalized spacial score (nSPS) is 20.3. The number of likely N-dealkylation sites (tertiary alicyclic amines) is 1.